The minimum atomic E-state index is -3.84. The zero-order valence-corrected chi connectivity index (χ0v) is 17.2. The van der Waals surface area contributed by atoms with E-state index in [0.29, 0.717) is 23.9 Å². The molecule has 4 rings (SSSR count). The molecule has 0 atom stereocenters. The van der Waals surface area contributed by atoms with Crippen molar-refractivity contribution < 1.29 is 17.9 Å². The number of nitrogens with zero attached hydrogens (tertiary/aromatic N) is 4. The Morgan fingerprint density at radius 3 is 2.86 bits per heavy atom. The maximum Gasteiger partial charge on any atom is 0.349 e. The number of carbonyl (C=O) groups is 1. The molecule has 3 aromatic heterocycles. The summed E-state index contributed by atoms with van der Waals surface area (Å²) in [6, 6.07) is 3.39. The second-order valence-electron chi connectivity index (χ2n) is 6.55. The molecular formula is C18H19N5O4S2. The number of rotatable bonds is 8. The van der Waals surface area contributed by atoms with Gasteiger partial charge in [0.15, 0.2) is 0 Å². The van der Waals surface area contributed by atoms with E-state index >= 15 is 0 Å². The van der Waals surface area contributed by atoms with Gasteiger partial charge in [0.25, 0.3) is 0 Å². The predicted octanol–water partition coefficient (Wildman–Crippen LogP) is 2.04. The van der Waals surface area contributed by atoms with Gasteiger partial charge in [0.1, 0.15) is 21.2 Å². The van der Waals surface area contributed by atoms with Crippen LogP contribution < -0.4 is 4.72 Å². The van der Waals surface area contributed by atoms with Gasteiger partial charge in [-0.2, -0.15) is 5.10 Å². The zero-order valence-electron chi connectivity index (χ0n) is 15.6. The highest BCUT2D eigenvalue weighted by Crippen LogP contribution is 2.41. The van der Waals surface area contributed by atoms with Crippen LogP contribution in [0, 0.1) is 0 Å². The zero-order chi connectivity index (χ0) is 20.4. The number of sulfonamides is 1. The van der Waals surface area contributed by atoms with Gasteiger partial charge in [-0.15, -0.1) is 11.3 Å². The fourth-order valence-corrected chi connectivity index (χ4v) is 5.34. The van der Waals surface area contributed by atoms with Crippen LogP contribution in [0.1, 0.15) is 34.1 Å². The molecule has 1 aliphatic rings. The fourth-order valence-electron chi connectivity index (χ4n) is 2.99. The van der Waals surface area contributed by atoms with E-state index < -0.39 is 16.0 Å². The van der Waals surface area contributed by atoms with Crippen molar-refractivity contribution in [2.45, 2.75) is 30.2 Å². The molecule has 0 radical (unpaired) electrons. The molecular weight excluding hydrogens is 414 g/mol. The van der Waals surface area contributed by atoms with E-state index in [1.54, 1.807) is 24.0 Å². The highest BCUT2D eigenvalue weighted by molar-refractivity contribution is 7.89. The second kappa shape index (κ2) is 8.01. The third-order valence-electron chi connectivity index (χ3n) is 4.54. The first-order valence-corrected chi connectivity index (χ1v) is 11.4. The van der Waals surface area contributed by atoms with Gasteiger partial charge in [0, 0.05) is 30.6 Å². The Balaban J connectivity index is 1.49. The summed E-state index contributed by atoms with van der Waals surface area (Å²) >= 11 is 1.03. The number of methoxy groups -OCH3 is 1. The minimum absolute atomic E-state index is 0.0581. The Hall–Kier alpha value is -2.63. The van der Waals surface area contributed by atoms with Crippen LogP contribution in [0.3, 0.4) is 0 Å². The molecule has 0 amide bonds. The van der Waals surface area contributed by atoms with Crippen molar-refractivity contribution in [3.63, 3.8) is 0 Å². The van der Waals surface area contributed by atoms with E-state index in [-0.39, 0.29) is 16.3 Å². The number of hydrogen-bond acceptors (Lipinski definition) is 8. The van der Waals surface area contributed by atoms with Crippen LogP contribution in [-0.2, 0) is 21.3 Å². The number of hydrogen-bond donors (Lipinski definition) is 1. The van der Waals surface area contributed by atoms with Crippen molar-refractivity contribution in [3.05, 3.63) is 46.7 Å². The van der Waals surface area contributed by atoms with Gasteiger partial charge in [0.2, 0.25) is 10.0 Å². The van der Waals surface area contributed by atoms with Crippen LogP contribution >= 0.6 is 11.3 Å². The number of nitrogens with one attached hydrogen (secondary N) is 1. The Morgan fingerprint density at radius 2 is 2.17 bits per heavy atom. The number of ether oxygens (including phenoxy) is 1. The largest absolute Gasteiger partial charge is 0.465 e. The van der Waals surface area contributed by atoms with Gasteiger partial charge in [-0.05, 0) is 30.4 Å². The van der Waals surface area contributed by atoms with Crippen LogP contribution in [0.25, 0.3) is 11.4 Å². The van der Waals surface area contributed by atoms with Gasteiger partial charge in [-0.1, -0.05) is 0 Å². The third-order valence-corrected chi connectivity index (χ3v) is 7.06. The SMILES string of the molecule is COC(=O)c1sccc1S(=O)(=O)NCCn1nc(-c2cnccn2)cc1C1CC1. The molecule has 9 nitrogen and oxygen atoms in total. The van der Waals surface area contributed by atoms with Crippen LogP contribution in [-0.4, -0.2) is 47.8 Å². The quantitative estimate of drug-likeness (QED) is 0.540. The Labute approximate surface area is 171 Å². The monoisotopic (exact) mass is 433 g/mol. The highest BCUT2D eigenvalue weighted by atomic mass is 32.2. The van der Waals surface area contributed by atoms with Crippen molar-refractivity contribution in [2.24, 2.45) is 0 Å². The number of aromatic nitrogens is 4. The molecule has 3 heterocycles. The van der Waals surface area contributed by atoms with E-state index in [9.17, 15) is 13.2 Å². The molecule has 0 saturated heterocycles. The molecule has 1 N–H and O–H groups in total. The average Bonchev–Trinajstić information content (AvgIpc) is 3.27. The molecule has 1 aliphatic carbocycles. The summed E-state index contributed by atoms with van der Waals surface area (Å²) in [4.78, 5) is 20.1. The van der Waals surface area contributed by atoms with Gasteiger partial charge in [-0.3, -0.25) is 14.6 Å². The second-order valence-corrected chi connectivity index (χ2v) is 9.20. The number of carbonyl (C=O) groups excluding carboxylic acids is 1. The standard InChI is InChI=1S/C18H19N5O4S2/c1-27-18(24)17-16(4-9-28-17)29(25,26)21-7-8-23-15(12-2-3-12)10-13(22-23)14-11-19-5-6-20-14/h4-6,9-12,21H,2-3,7-8H2,1H3. The molecule has 0 unspecified atom stereocenters. The normalized spacial score (nSPS) is 14.1. The third kappa shape index (κ3) is 4.21. The maximum absolute atomic E-state index is 12.6. The fraction of sp³-hybridized carbons (Fsp3) is 0.333. The van der Waals surface area contributed by atoms with Crippen molar-refractivity contribution in [1.82, 2.24) is 24.5 Å². The van der Waals surface area contributed by atoms with Crippen LogP contribution in [0.5, 0.6) is 0 Å². The highest BCUT2D eigenvalue weighted by Gasteiger charge is 2.29. The lowest BCUT2D eigenvalue weighted by molar-refractivity contribution is 0.0602. The lowest BCUT2D eigenvalue weighted by Crippen LogP contribution is -2.29. The Morgan fingerprint density at radius 1 is 1.34 bits per heavy atom. The van der Waals surface area contributed by atoms with Crippen molar-refractivity contribution in [2.75, 3.05) is 13.7 Å². The summed E-state index contributed by atoms with van der Waals surface area (Å²) in [5.74, 6) is -0.232. The lowest BCUT2D eigenvalue weighted by atomic mass is 10.2. The van der Waals surface area contributed by atoms with Crippen LogP contribution in [0.15, 0.2) is 41.0 Å². The number of esters is 1. The van der Waals surface area contributed by atoms with E-state index in [0.717, 1.165) is 29.9 Å². The Kier molecular flexibility index (Phi) is 5.43. The maximum atomic E-state index is 12.6. The van der Waals surface area contributed by atoms with Crippen molar-refractivity contribution in [1.29, 1.82) is 0 Å². The summed E-state index contributed by atoms with van der Waals surface area (Å²) in [6.07, 6.45) is 7.05. The van der Waals surface area contributed by atoms with Gasteiger partial charge in [-0.25, -0.2) is 17.9 Å². The van der Waals surface area contributed by atoms with Gasteiger partial charge >= 0.3 is 5.97 Å². The van der Waals surface area contributed by atoms with Crippen LogP contribution in [0.4, 0.5) is 0 Å². The molecule has 0 spiro atoms. The summed E-state index contributed by atoms with van der Waals surface area (Å²) < 4.78 is 34.3. The smallest absolute Gasteiger partial charge is 0.349 e. The topological polar surface area (TPSA) is 116 Å². The summed E-state index contributed by atoms with van der Waals surface area (Å²) in [7, 11) is -2.62. The number of thiophene rings is 1. The van der Waals surface area contributed by atoms with E-state index in [4.69, 9.17) is 0 Å². The molecule has 152 valence electrons. The molecule has 11 heteroatoms. The van der Waals surface area contributed by atoms with Crippen LogP contribution in [0.2, 0.25) is 0 Å². The van der Waals surface area contributed by atoms with Gasteiger partial charge in [0.05, 0.1) is 19.9 Å². The molecule has 0 bridgehead atoms. The first kappa shape index (κ1) is 19.7. The predicted molar refractivity (Wildman–Crippen MR) is 106 cm³/mol. The molecule has 3 aromatic rings. The Bertz CT molecular complexity index is 1120. The van der Waals surface area contributed by atoms with E-state index in [1.807, 2.05) is 10.7 Å². The van der Waals surface area contributed by atoms with E-state index in [2.05, 4.69) is 24.5 Å². The van der Waals surface area contributed by atoms with E-state index in [1.165, 1.54) is 13.2 Å². The molecule has 0 aromatic carbocycles. The lowest BCUT2D eigenvalue weighted by Gasteiger charge is -2.09. The van der Waals surface area contributed by atoms with Crippen molar-refractivity contribution >= 4 is 27.3 Å². The van der Waals surface area contributed by atoms with Gasteiger partial charge < -0.3 is 4.74 Å². The summed E-state index contributed by atoms with van der Waals surface area (Å²) in [6.45, 7) is 0.503. The summed E-state index contributed by atoms with van der Waals surface area (Å²) in [5, 5.41) is 6.14. The minimum Gasteiger partial charge on any atom is -0.465 e. The molecule has 1 fully saturated rings. The first-order chi connectivity index (χ1) is 14.0. The summed E-state index contributed by atoms with van der Waals surface area (Å²) in [5.41, 5.74) is 2.46. The molecule has 1 saturated carbocycles. The average molecular weight is 434 g/mol. The molecule has 29 heavy (non-hydrogen) atoms. The molecule has 0 aliphatic heterocycles. The first-order valence-electron chi connectivity index (χ1n) is 8.99. The van der Waals surface area contributed by atoms with Crippen molar-refractivity contribution in [3.8, 4) is 11.4 Å².